The van der Waals surface area contributed by atoms with Crippen LogP contribution in [0.25, 0.3) is 22.3 Å². The monoisotopic (exact) mass is 520 g/mol. The van der Waals surface area contributed by atoms with Gasteiger partial charge in [0, 0.05) is 30.7 Å². The Morgan fingerprint density at radius 3 is 2.49 bits per heavy atom. The number of carbonyl (C=O) groups excluding carboxylic acids is 1. The summed E-state index contributed by atoms with van der Waals surface area (Å²) in [5.74, 6) is 1.24. The molecule has 3 atom stereocenters. The van der Waals surface area contributed by atoms with Crippen molar-refractivity contribution in [1.82, 2.24) is 19.6 Å². The first-order valence-corrected chi connectivity index (χ1v) is 14.9. The number of amides is 1. The minimum atomic E-state index is -3.66. The molecular formula is C29H36N4O3S. The van der Waals surface area contributed by atoms with Crippen LogP contribution in [-0.2, 0) is 10.0 Å². The van der Waals surface area contributed by atoms with E-state index in [9.17, 15) is 13.2 Å². The van der Waals surface area contributed by atoms with Crippen molar-refractivity contribution in [2.45, 2.75) is 63.8 Å². The lowest BCUT2D eigenvalue weighted by molar-refractivity contribution is 0.0892. The van der Waals surface area contributed by atoms with Crippen LogP contribution < -0.4 is 5.32 Å². The van der Waals surface area contributed by atoms with Crippen LogP contribution in [0.3, 0.4) is 0 Å². The number of benzene rings is 1. The van der Waals surface area contributed by atoms with Gasteiger partial charge < -0.3 is 5.32 Å². The maximum Gasteiger partial charge on any atom is 0.252 e. The van der Waals surface area contributed by atoms with E-state index in [2.05, 4.69) is 31.1 Å². The molecule has 2 aromatic heterocycles. The second kappa shape index (κ2) is 10.5. The third kappa shape index (κ3) is 5.27. The second-order valence-electron chi connectivity index (χ2n) is 10.9. The Morgan fingerprint density at radius 1 is 0.973 bits per heavy atom. The van der Waals surface area contributed by atoms with Gasteiger partial charge in [-0.05, 0) is 73.4 Å². The third-order valence-electron chi connectivity index (χ3n) is 8.36. The van der Waals surface area contributed by atoms with Gasteiger partial charge >= 0.3 is 0 Å². The highest BCUT2D eigenvalue weighted by Crippen LogP contribution is 2.32. The number of piperidine rings is 1. The lowest BCUT2D eigenvalue weighted by Gasteiger charge is -2.34. The van der Waals surface area contributed by atoms with Gasteiger partial charge in [0.25, 0.3) is 5.91 Å². The van der Waals surface area contributed by atoms with E-state index in [-0.39, 0.29) is 16.8 Å². The predicted molar refractivity (Wildman–Crippen MR) is 146 cm³/mol. The number of carbonyl (C=O) groups is 1. The first kappa shape index (κ1) is 25.8. The molecule has 1 aliphatic carbocycles. The summed E-state index contributed by atoms with van der Waals surface area (Å²) in [5, 5.41) is 3.81. The van der Waals surface area contributed by atoms with Gasteiger partial charge in [0.15, 0.2) is 0 Å². The van der Waals surface area contributed by atoms with Crippen LogP contribution in [0.1, 0.15) is 63.2 Å². The Morgan fingerprint density at radius 2 is 1.76 bits per heavy atom. The summed E-state index contributed by atoms with van der Waals surface area (Å²) in [5.41, 5.74) is 2.26. The molecule has 7 nitrogen and oxygen atoms in total. The van der Waals surface area contributed by atoms with Gasteiger partial charge in [0.2, 0.25) is 10.0 Å². The number of hydrogen-bond acceptors (Lipinski definition) is 5. The molecule has 3 heterocycles. The second-order valence-corrected chi connectivity index (χ2v) is 12.8. The lowest BCUT2D eigenvalue weighted by atomic mass is 9.78. The Hall–Kier alpha value is -2.84. The van der Waals surface area contributed by atoms with Crippen LogP contribution in [-0.4, -0.2) is 47.7 Å². The van der Waals surface area contributed by atoms with Crippen LogP contribution in [0.4, 0.5) is 0 Å². The number of sulfonamides is 1. The SMILES string of the molecule is CC1CCN(S(=O)(=O)c2ccc3nc(-c4ccccn4)cc(C(=O)N[C@@H]4CCC[C@@H](C)[C@H]4C)c3c2)CC1. The summed E-state index contributed by atoms with van der Waals surface area (Å²) < 4.78 is 28.6. The summed E-state index contributed by atoms with van der Waals surface area (Å²) in [7, 11) is -3.66. The van der Waals surface area contributed by atoms with Crippen LogP contribution in [0, 0.1) is 17.8 Å². The predicted octanol–water partition coefficient (Wildman–Crippen LogP) is 5.27. The van der Waals surface area contributed by atoms with E-state index >= 15 is 0 Å². The maximum atomic E-state index is 13.7. The van der Waals surface area contributed by atoms with Crippen molar-refractivity contribution in [3.05, 3.63) is 54.2 Å². The summed E-state index contributed by atoms with van der Waals surface area (Å²) >= 11 is 0. The quantitative estimate of drug-likeness (QED) is 0.495. The van der Waals surface area contributed by atoms with Crippen LogP contribution in [0.15, 0.2) is 53.6 Å². The molecule has 1 N–H and O–H groups in total. The molecule has 1 amide bonds. The van der Waals surface area contributed by atoms with E-state index in [1.165, 1.54) is 6.42 Å². The van der Waals surface area contributed by atoms with Crippen molar-refractivity contribution in [3.8, 4) is 11.4 Å². The van der Waals surface area contributed by atoms with E-state index in [1.807, 2.05) is 18.2 Å². The van der Waals surface area contributed by atoms with Gasteiger partial charge in [-0.1, -0.05) is 39.7 Å². The minimum absolute atomic E-state index is 0.0834. The maximum absolute atomic E-state index is 13.7. The number of pyridine rings is 2. The van der Waals surface area contributed by atoms with Crippen molar-refractivity contribution >= 4 is 26.8 Å². The number of aromatic nitrogens is 2. The molecule has 3 aromatic rings. The molecule has 8 heteroatoms. The summed E-state index contributed by atoms with van der Waals surface area (Å²) in [4.78, 5) is 23.1. The number of rotatable bonds is 5. The zero-order valence-electron chi connectivity index (χ0n) is 21.9. The van der Waals surface area contributed by atoms with Gasteiger partial charge in [0.1, 0.15) is 0 Å². The van der Waals surface area contributed by atoms with E-state index in [1.54, 1.807) is 34.8 Å². The number of hydrogen-bond donors (Lipinski definition) is 1. The van der Waals surface area contributed by atoms with Crippen LogP contribution >= 0.6 is 0 Å². The number of nitrogens with zero attached hydrogens (tertiary/aromatic N) is 3. The molecule has 2 aliphatic rings. The smallest absolute Gasteiger partial charge is 0.252 e. The van der Waals surface area contributed by atoms with Gasteiger partial charge in [-0.15, -0.1) is 0 Å². The minimum Gasteiger partial charge on any atom is -0.349 e. The summed E-state index contributed by atoms with van der Waals surface area (Å²) in [6, 6.07) is 12.4. The van der Waals surface area contributed by atoms with Gasteiger partial charge in [0.05, 0.1) is 27.4 Å². The normalized spacial score (nSPS) is 23.7. The first-order chi connectivity index (χ1) is 17.7. The van der Waals surface area contributed by atoms with Gasteiger partial charge in [-0.25, -0.2) is 13.4 Å². The van der Waals surface area contributed by atoms with E-state index in [4.69, 9.17) is 4.98 Å². The van der Waals surface area contributed by atoms with Crippen LogP contribution in [0.2, 0.25) is 0 Å². The fourth-order valence-corrected chi connectivity index (χ4v) is 7.10. The van der Waals surface area contributed by atoms with E-state index in [0.29, 0.717) is 58.7 Å². The average Bonchev–Trinajstić information content (AvgIpc) is 2.91. The Balaban J connectivity index is 1.57. The van der Waals surface area contributed by atoms with E-state index < -0.39 is 10.0 Å². The standard InChI is InChI=1S/C29H36N4O3S/c1-19-12-15-33(16-13-19)37(35,36)22-10-11-26-23(17-22)24(18-28(31-26)27-8-4-5-14-30-27)29(34)32-25-9-6-7-20(2)21(25)3/h4-5,8,10-11,14,17-21,25H,6-7,9,12-13,15-16H2,1-3H3,(H,32,34)/t20-,21-,25-/m1/s1. The molecule has 5 rings (SSSR count). The van der Waals surface area contributed by atoms with Crippen molar-refractivity contribution in [2.24, 2.45) is 17.8 Å². The van der Waals surface area contributed by atoms with Crippen molar-refractivity contribution in [3.63, 3.8) is 0 Å². The molecule has 1 aliphatic heterocycles. The zero-order chi connectivity index (χ0) is 26.2. The highest BCUT2D eigenvalue weighted by atomic mass is 32.2. The Kier molecular flexibility index (Phi) is 7.32. The average molecular weight is 521 g/mol. The molecule has 1 saturated carbocycles. The molecule has 0 bridgehead atoms. The first-order valence-electron chi connectivity index (χ1n) is 13.4. The Bertz CT molecular complexity index is 1390. The topological polar surface area (TPSA) is 92.3 Å². The van der Waals surface area contributed by atoms with Gasteiger partial charge in [-0.3, -0.25) is 9.78 Å². The molecular weight excluding hydrogens is 484 g/mol. The molecule has 0 radical (unpaired) electrons. The number of nitrogens with one attached hydrogen (secondary N) is 1. The lowest BCUT2D eigenvalue weighted by Crippen LogP contribution is -2.43. The number of fused-ring (bicyclic) bond motifs is 1. The summed E-state index contributed by atoms with van der Waals surface area (Å²) in [6.45, 7) is 7.63. The van der Waals surface area contributed by atoms with Crippen molar-refractivity contribution in [2.75, 3.05) is 13.1 Å². The fourth-order valence-electron chi connectivity index (χ4n) is 5.60. The van der Waals surface area contributed by atoms with Crippen molar-refractivity contribution < 1.29 is 13.2 Å². The largest absolute Gasteiger partial charge is 0.349 e. The molecule has 1 saturated heterocycles. The summed E-state index contributed by atoms with van der Waals surface area (Å²) in [6.07, 6.45) is 6.61. The molecule has 0 spiro atoms. The highest BCUT2D eigenvalue weighted by molar-refractivity contribution is 7.89. The fraction of sp³-hybridized carbons (Fsp3) is 0.483. The highest BCUT2D eigenvalue weighted by Gasteiger charge is 2.31. The Labute approximate surface area is 219 Å². The zero-order valence-corrected chi connectivity index (χ0v) is 22.7. The molecule has 37 heavy (non-hydrogen) atoms. The third-order valence-corrected chi connectivity index (χ3v) is 10.3. The van der Waals surface area contributed by atoms with Crippen LogP contribution in [0.5, 0.6) is 0 Å². The van der Waals surface area contributed by atoms with Crippen molar-refractivity contribution in [1.29, 1.82) is 0 Å². The molecule has 0 unspecified atom stereocenters. The van der Waals surface area contributed by atoms with Gasteiger partial charge in [-0.2, -0.15) is 4.31 Å². The molecule has 1 aromatic carbocycles. The molecule has 2 fully saturated rings. The molecule has 196 valence electrons. The van der Waals surface area contributed by atoms with E-state index in [0.717, 1.165) is 25.7 Å².